The Hall–Kier alpha value is -1.61. The third-order valence-electron chi connectivity index (χ3n) is 3.22. The SMILES string of the molecule is CC(C)N(Cc1ccccc1)Cc1nccn1C. The van der Waals surface area contributed by atoms with Gasteiger partial charge in [0.15, 0.2) is 0 Å². The third-order valence-corrected chi connectivity index (χ3v) is 3.22. The number of aromatic nitrogens is 2. The van der Waals surface area contributed by atoms with Crippen LogP contribution in [0.3, 0.4) is 0 Å². The van der Waals surface area contributed by atoms with Crippen LogP contribution in [0.5, 0.6) is 0 Å². The maximum atomic E-state index is 4.40. The molecule has 2 aromatic rings. The molecule has 0 N–H and O–H groups in total. The van der Waals surface area contributed by atoms with Crippen molar-refractivity contribution in [1.82, 2.24) is 14.5 Å². The van der Waals surface area contributed by atoms with Crippen molar-refractivity contribution in [2.75, 3.05) is 0 Å². The van der Waals surface area contributed by atoms with E-state index in [4.69, 9.17) is 0 Å². The van der Waals surface area contributed by atoms with Gasteiger partial charge in [0.25, 0.3) is 0 Å². The zero-order valence-corrected chi connectivity index (χ0v) is 11.4. The Balaban J connectivity index is 2.07. The molecule has 0 aliphatic rings. The molecule has 96 valence electrons. The smallest absolute Gasteiger partial charge is 0.122 e. The first-order chi connectivity index (χ1) is 8.66. The zero-order valence-electron chi connectivity index (χ0n) is 11.4. The van der Waals surface area contributed by atoms with Gasteiger partial charge in [0.05, 0.1) is 6.54 Å². The Bertz CT molecular complexity index is 473. The summed E-state index contributed by atoms with van der Waals surface area (Å²) in [5.41, 5.74) is 1.35. The number of rotatable bonds is 5. The molecule has 1 aromatic carbocycles. The predicted molar refractivity (Wildman–Crippen MR) is 74.0 cm³/mol. The fourth-order valence-corrected chi connectivity index (χ4v) is 1.97. The van der Waals surface area contributed by atoms with Gasteiger partial charge in [-0.2, -0.15) is 0 Å². The minimum atomic E-state index is 0.502. The lowest BCUT2D eigenvalue weighted by molar-refractivity contribution is 0.196. The Kier molecular flexibility index (Phi) is 4.15. The Morgan fingerprint density at radius 3 is 2.44 bits per heavy atom. The number of imidazole rings is 1. The summed E-state index contributed by atoms with van der Waals surface area (Å²) in [5, 5.41) is 0. The molecule has 0 fully saturated rings. The molecule has 18 heavy (non-hydrogen) atoms. The second-order valence-corrected chi connectivity index (χ2v) is 4.94. The quantitative estimate of drug-likeness (QED) is 0.805. The molecule has 3 nitrogen and oxygen atoms in total. The maximum absolute atomic E-state index is 4.40. The van der Waals surface area contributed by atoms with Crippen molar-refractivity contribution in [1.29, 1.82) is 0 Å². The minimum Gasteiger partial charge on any atom is -0.337 e. The van der Waals surface area contributed by atoms with Crippen molar-refractivity contribution in [3.05, 3.63) is 54.1 Å². The second-order valence-electron chi connectivity index (χ2n) is 4.94. The molecule has 0 aliphatic heterocycles. The highest BCUT2D eigenvalue weighted by Gasteiger charge is 2.12. The van der Waals surface area contributed by atoms with Gasteiger partial charge in [-0.1, -0.05) is 30.3 Å². The number of aryl methyl sites for hydroxylation is 1. The Labute approximate surface area is 109 Å². The van der Waals surface area contributed by atoms with Crippen LogP contribution >= 0.6 is 0 Å². The van der Waals surface area contributed by atoms with Gasteiger partial charge in [-0.05, 0) is 19.4 Å². The van der Waals surface area contributed by atoms with Crippen molar-refractivity contribution in [2.24, 2.45) is 7.05 Å². The molecule has 0 unspecified atom stereocenters. The van der Waals surface area contributed by atoms with Gasteiger partial charge >= 0.3 is 0 Å². The molecule has 0 saturated carbocycles. The average molecular weight is 243 g/mol. The first kappa shape index (κ1) is 12.8. The van der Waals surface area contributed by atoms with E-state index in [0.29, 0.717) is 6.04 Å². The van der Waals surface area contributed by atoms with Crippen molar-refractivity contribution >= 4 is 0 Å². The van der Waals surface area contributed by atoms with Crippen LogP contribution in [0.15, 0.2) is 42.7 Å². The summed E-state index contributed by atoms with van der Waals surface area (Å²) >= 11 is 0. The number of nitrogens with zero attached hydrogens (tertiary/aromatic N) is 3. The molecule has 2 rings (SSSR count). The average Bonchev–Trinajstić information content (AvgIpc) is 2.75. The minimum absolute atomic E-state index is 0.502. The van der Waals surface area contributed by atoms with Gasteiger partial charge in [0, 0.05) is 32.0 Å². The summed E-state index contributed by atoms with van der Waals surface area (Å²) in [6.07, 6.45) is 3.85. The summed E-state index contributed by atoms with van der Waals surface area (Å²) in [4.78, 5) is 6.83. The van der Waals surface area contributed by atoms with E-state index in [-0.39, 0.29) is 0 Å². The van der Waals surface area contributed by atoms with Gasteiger partial charge in [0.2, 0.25) is 0 Å². The lowest BCUT2D eigenvalue weighted by Crippen LogP contribution is -2.30. The fraction of sp³-hybridized carbons (Fsp3) is 0.400. The van der Waals surface area contributed by atoms with Crippen molar-refractivity contribution in [3.63, 3.8) is 0 Å². The molecule has 0 atom stereocenters. The molecular formula is C15H21N3. The normalized spacial score (nSPS) is 11.4. The van der Waals surface area contributed by atoms with Gasteiger partial charge in [-0.3, -0.25) is 4.90 Å². The standard InChI is InChI=1S/C15H21N3/c1-13(2)18(11-14-7-5-4-6-8-14)12-15-16-9-10-17(15)3/h4-10,13H,11-12H2,1-3H3. The van der Waals surface area contributed by atoms with Crippen molar-refractivity contribution in [2.45, 2.75) is 33.0 Å². The Morgan fingerprint density at radius 1 is 1.17 bits per heavy atom. The van der Waals surface area contributed by atoms with Gasteiger partial charge in [-0.15, -0.1) is 0 Å². The summed E-state index contributed by atoms with van der Waals surface area (Å²) in [6, 6.07) is 11.1. The van der Waals surface area contributed by atoms with E-state index in [0.717, 1.165) is 18.9 Å². The fourth-order valence-electron chi connectivity index (χ4n) is 1.97. The molecule has 3 heteroatoms. The van der Waals surface area contributed by atoms with E-state index >= 15 is 0 Å². The molecule has 0 radical (unpaired) electrons. The molecule has 0 saturated heterocycles. The molecule has 0 amide bonds. The van der Waals surface area contributed by atoms with Crippen molar-refractivity contribution in [3.8, 4) is 0 Å². The van der Waals surface area contributed by atoms with E-state index in [2.05, 4.69) is 58.6 Å². The van der Waals surface area contributed by atoms with Crippen LogP contribution in [0.1, 0.15) is 25.2 Å². The monoisotopic (exact) mass is 243 g/mol. The summed E-state index contributed by atoms with van der Waals surface area (Å²) in [5.74, 6) is 1.11. The molecule has 1 aromatic heterocycles. The lowest BCUT2D eigenvalue weighted by Gasteiger charge is -2.26. The highest BCUT2D eigenvalue weighted by Crippen LogP contribution is 2.11. The van der Waals surface area contributed by atoms with E-state index in [9.17, 15) is 0 Å². The van der Waals surface area contributed by atoms with Crippen LogP contribution in [-0.2, 0) is 20.1 Å². The highest BCUT2D eigenvalue weighted by atomic mass is 15.2. The summed E-state index contributed by atoms with van der Waals surface area (Å²) in [7, 11) is 2.04. The highest BCUT2D eigenvalue weighted by molar-refractivity contribution is 5.14. The van der Waals surface area contributed by atoms with E-state index in [1.165, 1.54) is 5.56 Å². The van der Waals surface area contributed by atoms with Gasteiger partial charge in [0.1, 0.15) is 5.82 Å². The van der Waals surface area contributed by atoms with E-state index in [1.54, 1.807) is 0 Å². The van der Waals surface area contributed by atoms with E-state index in [1.807, 2.05) is 19.4 Å². The molecule has 0 spiro atoms. The van der Waals surface area contributed by atoms with Crippen LogP contribution in [0.25, 0.3) is 0 Å². The first-order valence-electron chi connectivity index (χ1n) is 6.41. The predicted octanol–water partition coefficient (Wildman–Crippen LogP) is 2.83. The lowest BCUT2D eigenvalue weighted by atomic mass is 10.2. The van der Waals surface area contributed by atoms with Gasteiger partial charge < -0.3 is 4.57 Å². The molecular weight excluding hydrogens is 222 g/mol. The second kappa shape index (κ2) is 5.83. The van der Waals surface area contributed by atoms with Gasteiger partial charge in [-0.25, -0.2) is 4.98 Å². The summed E-state index contributed by atoms with van der Waals surface area (Å²) < 4.78 is 2.08. The van der Waals surface area contributed by atoms with Crippen LogP contribution in [0.2, 0.25) is 0 Å². The molecule has 1 heterocycles. The van der Waals surface area contributed by atoms with Crippen LogP contribution in [-0.4, -0.2) is 20.5 Å². The zero-order chi connectivity index (χ0) is 13.0. The number of benzene rings is 1. The van der Waals surface area contributed by atoms with Crippen molar-refractivity contribution < 1.29 is 0 Å². The largest absolute Gasteiger partial charge is 0.337 e. The maximum Gasteiger partial charge on any atom is 0.122 e. The van der Waals surface area contributed by atoms with Crippen LogP contribution < -0.4 is 0 Å². The van der Waals surface area contributed by atoms with Crippen LogP contribution in [0.4, 0.5) is 0 Å². The topological polar surface area (TPSA) is 21.1 Å². The first-order valence-corrected chi connectivity index (χ1v) is 6.41. The molecule has 0 aliphatic carbocycles. The number of hydrogen-bond acceptors (Lipinski definition) is 2. The Morgan fingerprint density at radius 2 is 1.89 bits per heavy atom. The summed E-state index contributed by atoms with van der Waals surface area (Å²) in [6.45, 7) is 6.30. The molecule has 0 bridgehead atoms. The van der Waals surface area contributed by atoms with E-state index < -0.39 is 0 Å². The van der Waals surface area contributed by atoms with Crippen LogP contribution in [0, 0.1) is 0 Å². The third kappa shape index (κ3) is 3.20. The number of hydrogen-bond donors (Lipinski definition) is 0.